The van der Waals surface area contributed by atoms with Gasteiger partial charge < -0.3 is 5.11 Å². The minimum atomic E-state index is -3.47. The number of piperidine rings is 1. The Morgan fingerprint density at radius 3 is 2.63 bits per heavy atom. The van der Waals surface area contributed by atoms with Gasteiger partial charge in [0.05, 0.1) is 12.1 Å². The molecule has 1 aliphatic heterocycles. The molecular formula is C13H21NO3S2. The Labute approximate surface area is 119 Å². The molecule has 1 N–H and O–H groups in total. The van der Waals surface area contributed by atoms with E-state index in [2.05, 4.69) is 0 Å². The molecule has 0 bridgehead atoms. The van der Waals surface area contributed by atoms with Gasteiger partial charge in [0.25, 0.3) is 10.0 Å². The van der Waals surface area contributed by atoms with Crippen LogP contribution in [-0.2, 0) is 10.0 Å². The van der Waals surface area contributed by atoms with Gasteiger partial charge in [-0.3, -0.25) is 0 Å². The second-order valence-electron chi connectivity index (χ2n) is 5.22. The van der Waals surface area contributed by atoms with E-state index in [4.69, 9.17) is 0 Å². The highest BCUT2D eigenvalue weighted by molar-refractivity contribution is 7.91. The minimum Gasteiger partial charge on any atom is -0.392 e. The lowest BCUT2D eigenvalue weighted by atomic mass is 10.0. The fourth-order valence-corrected chi connectivity index (χ4v) is 5.90. The molecule has 2 heterocycles. The third-order valence-corrected chi connectivity index (χ3v) is 7.29. The van der Waals surface area contributed by atoms with E-state index in [1.807, 2.05) is 13.8 Å². The first-order chi connectivity index (χ1) is 8.84. The van der Waals surface area contributed by atoms with Crippen molar-refractivity contribution in [1.82, 2.24) is 4.31 Å². The number of hydrogen-bond donors (Lipinski definition) is 1. The van der Waals surface area contributed by atoms with Gasteiger partial charge in [-0.15, -0.1) is 11.3 Å². The van der Waals surface area contributed by atoms with Crippen LogP contribution < -0.4 is 0 Å². The van der Waals surface area contributed by atoms with Gasteiger partial charge in [0, 0.05) is 11.4 Å². The summed E-state index contributed by atoms with van der Waals surface area (Å²) < 4.78 is 27.3. The lowest BCUT2D eigenvalue weighted by Crippen LogP contribution is -2.48. The molecule has 108 valence electrons. The molecule has 0 amide bonds. The molecule has 1 fully saturated rings. The monoisotopic (exact) mass is 303 g/mol. The predicted octanol–water partition coefficient (Wildman–Crippen LogP) is 2.29. The molecule has 19 heavy (non-hydrogen) atoms. The van der Waals surface area contributed by atoms with E-state index in [0.29, 0.717) is 10.8 Å². The van der Waals surface area contributed by atoms with Gasteiger partial charge in [0.2, 0.25) is 0 Å². The predicted molar refractivity (Wildman–Crippen MR) is 77.0 cm³/mol. The maximum Gasteiger partial charge on any atom is 0.252 e. The van der Waals surface area contributed by atoms with E-state index in [0.717, 1.165) is 29.7 Å². The van der Waals surface area contributed by atoms with Crippen LogP contribution in [0.25, 0.3) is 0 Å². The van der Waals surface area contributed by atoms with E-state index in [1.54, 1.807) is 13.0 Å². The second-order valence-corrected chi connectivity index (χ2v) is 8.60. The fraction of sp³-hybridized carbons (Fsp3) is 0.692. The standard InChI is InChI=1S/C13H21NO3S2/c1-9-8-13(18-11(9)3)19(16,17)14-7-5-4-6-12(14)10(2)15/h8,10,12,15H,4-7H2,1-3H3. The number of aryl methyl sites for hydroxylation is 2. The molecule has 2 unspecified atom stereocenters. The van der Waals surface area contributed by atoms with E-state index < -0.39 is 16.1 Å². The Morgan fingerprint density at radius 1 is 1.42 bits per heavy atom. The lowest BCUT2D eigenvalue weighted by Gasteiger charge is -2.35. The van der Waals surface area contributed by atoms with E-state index >= 15 is 0 Å². The third kappa shape index (κ3) is 2.86. The molecule has 6 heteroatoms. The van der Waals surface area contributed by atoms with Crippen LogP contribution in [0.5, 0.6) is 0 Å². The maximum absolute atomic E-state index is 12.7. The highest BCUT2D eigenvalue weighted by Gasteiger charge is 2.36. The lowest BCUT2D eigenvalue weighted by molar-refractivity contribution is 0.0832. The van der Waals surface area contributed by atoms with Crippen molar-refractivity contribution >= 4 is 21.4 Å². The molecule has 1 aliphatic rings. The van der Waals surface area contributed by atoms with Crippen molar-refractivity contribution in [2.24, 2.45) is 0 Å². The van der Waals surface area contributed by atoms with Crippen molar-refractivity contribution in [1.29, 1.82) is 0 Å². The first kappa shape index (κ1) is 15.0. The van der Waals surface area contributed by atoms with Gasteiger partial charge in [-0.05, 0) is 45.2 Å². The Kier molecular flexibility index (Phi) is 4.35. The summed E-state index contributed by atoms with van der Waals surface area (Å²) in [5.74, 6) is 0. The van der Waals surface area contributed by atoms with Crippen LogP contribution in [0, 0.1) is 13.8 Å². The molecule has 0 radical (unpaired) electrons. The Morgan fingerprint density at radius 2 is 2.11 bits per heavy atom. The zero-order chi connectivity index (χ0) is 14.2. The average Bonchev–Trinajstić information content (AvgIpc) is 2.70. The maximum atomic E-state index is 12.7. The van der Waals surface area contributed by atoms with Gasteiger partial charge in [-0.1, -0.05) is 6.42 Å². The van der Waals surface area contributed by atoms with Crippen molar-refractivity contribution in [3.05, 3.63) is 16.5 Å². The number of hydrogen-bond acceptors (Lipinski definition) is 4. The van der Waals surface area contributed by atoms with Gasteiger partial charge >= 0.3 is 0 Å². The third-order valence-electron chi connectivity index (χ3n) is 3.76. The second kappa shape index (κ2) is 5.52. The summed E-state index contributed by atoms with van der Waals surface area (Å²) in [4.78, 5) is 1.03. The fourth-order valence-electron chi connectivity index (χ4n) is 2.49. The minimum absolute atomic E-state index is 0.290. The molecule has 1 aromatic rings. The zero-order valence-electron chi connectivity index (χ0n) is 11.6. The number of sulfonamides is 1. The quantitative estimate of drug-likeness (QED) is 0.932. The van der Waals surface area contributed by atoms with Crippen LogP contribution in [0.1, 0.15) is 36.6 Å². The Hall–Kier alpha value is -0.430. The molecule has 4 nitrogen and oxygen atoms in total. The SMILES string of the molecule is Cc1cc(S(=O)(=O)N2CCCCC2C(C)O)sc1C. The molecule has 0 aromatic carbocycles. The van der Waals surface area contributed by atoms with Crippen molar-refractivity contribution < 1.29 is 13.5 Å². The highest BCUT2D eigenvalue weighted by Crippen LogP contribution is 2.32. The number of aliphatic hydroxyl groups is 1. The largest absolute Gasteiger partial charge is 0.392 e. The van der Waals surface area contributed by atoms with Gasteiger partial charge in [-0.2, -0.15) is 4.31 Å². The van der Waals surface area contributed by atoms with Crippen molar-refractivity contribution in [2.45, 2.75) is 56.4 Å². The first-order valence-corrected chi connectivity index (χ1v) is 8.86. The Balaban J connectivity index is 2.37. The molecular weight excluding hydrogens is 282 g/mol. The van der Waals surface area contributed by atoms with E-state index in [9.17, 15) is 13.5 Å². The van der Waals surface area contributed by atoms with Gasteiger partial charge in [0.1, 0.15) is 4.21 Å². The Bertz CT molecular complexity index is 529. The van der Waals surface area contributed by atoms with Gasteiger partial charge in [-0.25, -0.2) is 8.42 Å². The van der Waals surface area contributed by atoms with Crippen LogP contribution in [0.2, 0.25) is 0 Å². The van der Waals surface area contributed by atoms with Crippen LogP contribution in [0.3, 0.4) is 0 Å². The molecule has 0 aliphatic carbocycles. The van der Waals surface area contributed by atoms with Crippen molar-refractivity contribution in [3.8, 4) is 0 Å². The van der Waals surface area contributed by atoms with Crippen LogP contribution in [-0.4, -0.2) is 36.5 Å². The highest BCUT2D eigenvalue weighted by atomic mass is 32.2. The molecule has 1 saturated heterocycles. The van der Waals surface area contributed by atoms with Crippen LogP contribution >= 0.6 is 11.3 Å². The van der Waals surface area contributed by atoms with Crippen molar-refractivity contribution in [3.63, 3.8) is 0 Å². The van der Waals surface area contributed by atoms with E-state index in [1.165, 1.54) is 15.6 Å². The number of thiophene rings is 1. The summed E-state index contributed by atoms with van der Waals surface area (Å²) in [6, 6.07) is 1.45. The first-order valence-electron chi connectivity index (χ1n) is 6.61. The summed E-state index contributed by atoms with van der Waals surface area (Å²) in [5, 5.41) is 9.81. The smallest absolute Gasteiger partial charge is 0.252 e. The summed E-state index contributed by atoms with van der Waals surface area (Å²) in [6.45, 7) is 6.03. The summed E-state index contributed by atoms with van der Waals surface area (Å²) in [7, 11) is -3.47. The topological polar surface area (TPSA) is 57.6 Å². The average molecular weight is 303 g/mol. The molecule has 0 saturated carbocycles. The number of rotatable bonds is 3. The summed E-state index contributed by atoms with van der Waals surface area (Å²) in [6.07, 6.45) is 1.95. The van der Waals surface area contributed by atoms with Gasteiger partial charge in [0.15, 0.2) is 0 Å². The number of nitrogens with zero attached hydrogens (tertiary/aromatic N) is 1. The molecule has 1 aromatic heterocycles. The van der Waals surface area contributed by atoms with E-state index in [-0.39, 0.29) is 6.04 Å². The normalized spacial score (nSPS) is 23.5. The summed E-state index contributed by atoms with van der Waals surface area (Å²) >= 11 is 1.32. The van der Waals surface area contributed by atoms with Crippen molar-refractivity contribution in [2.75, 3.05) is 6.54 Å². The molecule has 2 rings (SSSR count). The van der Waals surface area contributed by atoms with Crippen LogP contribution in [0.4, 0.5) is 0 Å². The van der Waals surface area contributed by atoms with Crippen LogP contribution in [0.15, 0.2) is 10.3 Å². The molecule has 0 spiro atoms. The zero-order valence-corrected chi connectivity index (χ0v) is 13.2. The molecule has 2 atom stereocenters. The summed E-state index contributed by atoms with van der Waals surface area (Å²) in [5.41, 5.74) is 1.01. The number of aliphatic hydroxyl groups excluding tert-OH is 1.